The van der Waals surface area contributed by atoms with Gasteiger partial charge in [0.25, 0.3) is 0 Å². The lowest BCUT2D eigenvalue weighted by Crippen LogP contribution is -2.05. The monoisotopic (exact) mass is 196 g/mol. The maximum absolute atomic E-state index is 10.8. The molecule has 0 amide bonds. The molecule has 0 N–H and O–H groups in total. The van der Waals surface area contributed by atoms with E-state index in [9.17, 15) is 4.79 Å². The van der Waals surface area contributed by atoms with E-state index in [0.29, 0.717) is 6.42 Å². The Bertz CT molecular complexity index is 196. The molecule has 0 saturated carbocycles. The Morgan fingerprint density at radius 3 is 2.86 bits per heavy atom. The predicted octanol–water partition coefficient (Wildman–Crippen LogP) is 3.22. The third kappa shape index (κ3) is 4.45. The first-order valence-corrected chi connectivity index (χ1v) is 5.67. The van der Waals surface area contributed by atoms with Crippen molar-refractivity contribution in [3.05, 3.63) is 12.2 Å². The Hall–Kier alpha value is -0.790. The van der Waals surface area contributed by atoms with Crippen LogP contribution in [0.3, 0.4) is 0 Å². The summed E-state index contributed by atoms with van der Waals surface area (Å²) >= 11 is 0. The van der Waals surface area contributed by atoms with E-state index in [1.807, 2.05) is 0 Å². The van der Waals surface area contributed by atoms with E-state index in [-0.39, 0.29) is 12.1 Å². The molecule has 80 valence electrons. The molecule has 1 saturated heterocycles. The van der Waals surface area contributed by atoms with Gasteiger partial charge in [-0.1, -0.05) is 31.9 Å². The zero-order chi connectivity index (χ0) is 10.2. The van der Waals surface area contributed by atoms with Gasteiger partial charge in [-0.3, -0.25) is 4.79 Å². The normalized spacial score (nSPS) is 21.8. The summed E-state index contributed by atoms with van der Waals surface area (Å²) in [6.45, 7) is 2.20. The van der Waals surface area contributed by atoms with Crippen molar-refractivity contribution < 1.29 is 9.53 Å². The summed E-state index contributed by atoms with van der Waals surface area (Å²) < 4.78 is 5.12. The lowest BCUT2D eigenvalue weighted by molar-refractivity contribution is -0.141. The highest BCUT2D eigenvalue weighted by molar-refractivity contribution is 5.71. The van der Waals surface area contributed by atoms with Gasteiger partial charge < -0.3 is 4.74 Å². The Morgan fingerprint density at radius 2 is 2.21 bits per heavy atom. The first-order chi connectivity index (χ1) is 6.83. The zero-order valence-corrected chi connectivity index (χ0v) is 9.00. The van der Waals surface area contributed by atoms with Crippen molar-refractivity contribution >= 4 is 5.97 Å². The first-order valence-electron chi connectivity index (χ1n) is 5.67. The van der Waals surface area contributed by atoms with Crippen LogP contribution >= 0.6 is 0 Å². The van der Waals surface area contributed by atoms with Crippen molar-refractivity contribution in [2.75, 3.05) is 0 Å². The van der Waals surface area contributed by atoms with Crippen LogP contribution in [0, 0.1) is 0 Å². The van der Waals surface area contributed by atoms with E-state index < -0.39 is 0 Å². The van der Waals surface area contributed by atoms with Crippen molar-refractivity contribution in [1.29, 1.82) is 0 Å². The van der Waals surface area contributed by atoms with Crippen LogP contribution in [0.1, 0.15) is 51.9 Å². The molecule has 0 spiro atoms. The Labute approximate surface area is 86.3 Å². The van der Waals surface area contributed by atoms with Crippen molar-refractivity contribution in [3.8, 4) is 0 Å². The molecule has 2 nitrogen and oxygen atoms in total. The Balaban J connectivity index is 1.98. The van der Waals surface area contributed by atoms with Crippen LogP contribution in [0.2, 0.25) is 0 Å². The quantitative estimate of drug-likeness (QED) is 0.370. The van der Waals surface area contributed by atoms with E-state index in [1.54, 1.807) is 0 Å². The van der Waals surface area contributed by atoms with Crippen LogP contribution in [0.25, 0.3) is 0 Å². The van der Waals surface area contributed by atoms with Gasteiger partial charge in [0.15, 0.2) is 0 Å². The number of rotatable bonds is 6. The number of ether oxygens (including phenoxy) is 1. The van der Waals surface area contributed by atoms with E-state index in [0.717, 1.165) is 19.3 Å². The molecule has 0 aromatic heterocycles. The van der Waals surface area contributed by atoms with E-state index in [4.69, 9.17) is 4.74 Å². The average molecular weight is 196 g/mol. The first kappa shape index (κ1) is 11.3. The summed E-state index contributed by atoms with van der Waals surface area (Å²) in [6, 6.07) is 0. The zero-order valence-electron chi connectivity index (χ0n) is 9.00. The number of esters is 1. The molecule has 0 aromatic rings. The van der Waals surface area contributed by atoms with Crippen LogP contribution in [-0.2, 0) is 9.53 Å². The van der Waals surface area contributed by atoms with E-state index in [1.165, 1.54) is 19.3 Å². The number of hydrogen-bond acceptors (Lipinski definition) is 2. The lowest BCUT2D eigenvalue weighted by atomic mass is 10.1. The summed E-state index contributed by atoms with van der Waals surface area (Å²) in [5.41, 5.74) is 0. The largest absolute Gasteiger partial charge is 0.462 e. The molecular formula is C12H20O2. The summed E-state index contributed by atoms with van der Waals surface area (Å²) in [4.78, 5) is 10.8. The number of carbonyl (C=O) groups excluding carboxylic acids is 1. The molecule has 0 aliphatic carbocycles. The standard InChI is InChI=1S/C12H20O2/c1-2-3-4-5-6-7-8-11-9-10-12(13)14-11/h5-6,11H,2-4,7-10H2,1H3/b6-5-/t11-/m0/s1. The fourth-order valence-corrected chi connectivity index (χ4v) is 1.63. The third-order valence-corrected chi connectivity index (χ3v) is 2.51. The highest BCUT2D eigenvalue weighted by atomic mass is 16.5. The molecule has 0 unspecified atom stereocenters. The average Bonchev–Trinajstić information content (AvgIpc) is 2.58. The predicted molar refractivity (Wildman–Crippen MR) is 57.0 cm³/mol. The molecule has 0 aromatic carbocycles. The van der Waals surface area contributed by atoms with Crippen LogP contribution in [-0.4, -0.2) is 12.1 Å². The summed E-state index contributed by atoms with van der Waals surface area (Å²) in [5, 5.41) is 0. The van der Waals surface area contributed by atoms with Crippen molar-refractivity contribution in [2.24, 2.45) is 0 Å². The van der Waals surface area contributed by atoms with Crippen LogP contribution in [0.5, 0.6) is 0 Å². The molecular weight excluding hydrogens is 176 g/mol. The summed E-state index contributed by atoms with van der Waals surface area (Å²) in [7, 11) is 0. The summed E-state index contributed by atoms with van der Waals surface area (Å²) in [5.74, 6) is -0.0232. The topological polar surface area (TPSA) is 26.3 Å². The van der Waals surface area contributed by atoms with Gasteiger partial charge in [0.1, 0.15) is 6.10 Å². The van der Waals surface area contributed by atoms with Crippen LogP contribution in [0.15, 0.2) is 12.2 Å². The number of unbranched alkanes of at least 4 members (excludes halogenated alkanes) is 2. The molecule has 14 heavy (non-hydrogen) atoms. The molecule has 1 fully saturated rings. The van der Waals surface area contributed by atoms with Gasteiger partial charge in [0.05, 0.1) is 0 Å². The Morgan fingerprint density at radius 1 is 1.43 bits per heavy atom. The van der Waals surface area contributed by atoms with Gasteiger partial charge in [-0.15, -0.1) is 0 Å². The molecule has 1 atom stereocenters. The van der Waals surface area contributed by atoms with Gasteiger partial charge in [0, 0.05) is 6.42 Å². The number of carbonyl (C=O) groups is 1. The van der Waals surface area contributed by atoms with Crippen molar-refractivity contribution in [1.82, 2.24) is 0 Å². The number of hydrogen-bond donors (Lipinski definition) is 0. The second-order valence-corrected chi connectivity index (χ2v) is 3.84. The van der Waals surface area contributed by atoms with Gasteiger partial charge >= 0.3 is 5.97 Å². The summed E-state index contributed by atoms with van der Waals surface area (Å²) in [6.07, 6.45) is 11.9. The number of cyclic esters (lactones) is 1. The van der Waals surface area contributed by atoms with Crippen LogP contribution in [0.4, 0.5) is 0 Å². The van der Waals surface area contributed by atoms with Crippen LogP contribution < -0.4 is 0 Å². The molecule has 0 radical (unpaired) electrons. The molecule has 0 bridgehead atoms. The van der Waals surface area contributed by atoms with E-state index >= 15 is 0 Å². The number of allylic oxidation sites excluding steroid dienone is 2. The third-order valence-electron chi connectivity index (χ3n) is 2.51. The molecule has 1 aliphatic heterocycles. The minimum atomic E-state index is -0.0232. The highest BCUT2D eigenvalue weighted by Crippen LogP contribution is 2.18. The van der Waals surface area contributed by atoms with Gasteiger partial charge in [-0.2, -0.15) is 0 Å². The minimum Gasteiger partial charge on any atom is -0.462 e. The fourth-order valence-electron chi connectivity index (χ4n) is 1.63. The highest BCUT2D eigenvalue weighted by Gasteiger charge is 2.21. The smallest absolute Gasteiger partial charge is 0.306 e. The second kappa shape index (κ2) is 6.63. The fraction of sp³-hybridized carbons (Fsp3) is 0.750. The molecule has 2 heteroatoms. The van der Waals surface area contributed by atoms with Gasteiger partial charge in [0.2, 0.25) is 0 Å². The SMILES string of the molecule is CCCC/C=C\CC[C@H]1CCC(=O)O1. The van der Waals surface area contributed by atoms with Crippen molar-refractivity contribution in [2.45, 2.75) is 58.0 Å². The molecule has 1 heterocycles. The Kier molecular flexibility index (Phi) is 5.35. The maximum Gasteiger partial charge on any atom is 0.306 e. The molecule has 1 rings (SSSR count). The second-order valence-electron chi connectivity index (χ2n) is 3.84. The minimum absolute atomic E-state index is 0.0232. The maximum atomic E-state index is 10.8. The van der Waals surface area contributed by atoms with Gasteiger partial charge in [-0.25, -0.2) is 0 Å². The molecule has 1 aliphatic rings. The van der Waals surface area contributed by atoms with Gasteiger partial charge in [-0.05, 0) is 25.7 Å². The van der Waals surface area contributed by atoms with E-state index in [2.05, 4.69) is 19.1 Å². The van der Waals surface area contributed by atoms with Crippen molar-refractivity contribution in [3.63, 3.8) is 0 Å². The lowest BCUT2D eigenvalue weighted by Gasteiger charge is -2.05.